The molecule has 5 heteroatoms. The number of carbonyl (C=O) groups is 3. The van der Waals surface area contributed by atoms with E-state index >= 15 is 0 Å². The van der Waals surface area contributed by atoms with Crippen LogP contribution in [0.5, 0.6) is 0 Å². The third kappa shape index (κ3) is 2.34. The highest BCUT2D eigenvalue weighted by molar-refractivity contribution is 6.27. The second-order valence-electron chi connectivity index (χ2n) is 7.79. The molecular weight excluding hydrogens is 316 g/mol. The molecule has 1 saturated heterocycles. The van der Waals surface area contributed by atoms with Crippen LogP contribution in [0.2, 0.25) is 0 Å². The van der Waals surface area contributed by atoms with Crippen molar-refractivity contribution >= 4 is 34.2 Å². The fourth-order valence-electron chi connectivity index (χ4n) is 3.69. The number of anilines is 1. The molecule has 0 spiro atoms. The minimum Gasteiger partial charge on any atom is -0.295 e. The zero-order valence-corrected chi connectivity index (χ0v) is 14.6. The van der Waals surface area contributed by atoms with E-state index in [0.717, 1.165) is 22.0 Å². The number of hydrogen-bond acceptors (Lipinski definition) is 3. The molecule has 0 aliphatic carbocycles. The standard InChI is InChI=1S/C20H20N2O3/c1-20(2,3)12-9-11-5-4-6-14-17(11)13(10-12)19(25)22(14)15-7-8-16(23)21-18(15)24/h4-6,9-10,15H,7-8H2,1-3H3,(H,21,23,24). The first-order valence-electron chi connectivity index (χ1n) is 8.52. The van der Waals surface area contributed by atoms with Crippen molar-refractivity contribution in [3.05, 3.63) is 41.5 Å². The summed E-state index contributed by atoms with van der Waals surface area (Å²) in [6.45, 7) is 6.34. The van der Waals surface area contributed by atoms with Crippen LogP contribution in [-0.2, 0) is 15.0 Å². The summed E-state index contributed by atoms with van der Waals surface area (Å²) in [5.74, 6) is -0.837. The first kappa shape index (κ1) is 15.8. The van der Waals surface area contributed by atoms with Gasteiger partial charge in [-0.1, -0.05) is 39.0 Å². The van der Waals surface area contributed by atoms with Crippen LogP contribution in [0.15, 0.2) is 30.3 Å². The van der Waals surface area contributed by atoms with E-state index in [2.05, 4.69) is 32.2 Å². The number of nitrogens with zero attached hydrogens (tertiary/aromatic N) is 1. The largest absolute Gasteiger partial charge is 0.295 e. The van der Waals surface area contributed by atoms with E-state index in [-0.39, 0.29) is 23.7 Å². The predicted molar refractivity (Wildman–Crippen MR) is 95.6 cm³/mol. The Bertz CT molecular complexity index is 940. The topological polar surface area (TPSA) is 66.5 Å². The normalized spacial score (nSPS) is 20.4. The quantitative estimate of drug-likeness (QED) is 0.814. The van der Waals surface area contributed by atoms with Gasteiger partial charge in [-0.15, -0.1) is 0 Å². The fourth-order valence-corrected chi connectivity index (χ4v) is 3.69. The van der Waals surface area contributed by atoms with Gasteiger partial charge in [0.15, 0.2) is 0 Å². The van der Waals surface area contributed by atoms with E-state index in [1.807, 2.05) is 24.3 Å². The molecule has 1 atom stereocenters. The summed E-state index contributed by atoms with van der Waals surface area (Å²) in [4.78, 5) is 38.5. The molecule has 1 unspecified atom stereocenters. The number of piperidine rings is 1. The van der Waals surface area contributed by atoms with Crippen molar-refractivity contribution in [2.24, 2.45) is 0 Å². The summed E-state index contributed by atoms with van der Waals surface area (Å²) >= 11 is 0. The lowest BCUT2D eigenvalue weighted by Gasteiger charge is -2.30. The van der Waals surface area contributed by atoms with Gasteiger partial charge in [0.1, 0.15) is 6.04 Å². The molecule has 25 heavy (non-hydrogen) atoms. The predicted octanol–water partition coefficient (Wildman–Crippen LogP) is 2.90. The van der Waals surface area contributed by atoms with Gasteiger partial charge in [0.25, 0.3) is 5.91 Å². The van der Waals surface area contributed by atoms with Gasteiger partial charge in [-0.25, -0.2) is 0 Å². The lowest BCUT2D eigenvalue weighted by molar-refractivity contribution is -0.134. The van der Waals surface area contributed by atoms with E-state index in [4.69, 9.17) is 0 Å². The van der Waals surface area contributed by atoms with Crippen molar-refractivity contribution in [1.82, 2.24) is 5.32 Å². The summed E-state index contributed by atoms with van der Waals surface area (Å²) < 4.78 is 0. The Balaban J connectivity index is 1.87. The van der Waals surface area contributed by atoms with Crippen molar-refractivity contribution in [3.63, 3.8) is 0 Å². The second-order valence-corrected chi connectivity index (χ2v) is 7.79. The third-order valence-electron chi connectivity index (χ3n) is 5.05. The monoisotopic (exact) mass is 336 g/mol. The number of hydrogen-bond donors (Lipinski definition) is 1. The van der Waals surface area contributed by atoms with Gasteiger partial charge in [-0.3, -0.25) is 24.6 Å². The van der Waals surface area contributed by atoms with Crippen LogP contribution in [0.4, 0.5) is 5.69 Å². The van der Waals surface area contributed by atoms with Crippen molar-refractivity contribution in [1.29, 1.82) is 0 Å². The van der Waals surface area contributed by atoms with E-state index < -0.39 is 11.9 Å². The Kier molecular flexibility index (Phi) is 3.26. The van der Waals surface area contributed by atoms with Crippen LogP contribution < -0.4 is 10.2 Å². The summed E-state index contributed by atoms with van der Waals surface area (Å²) in [5.41, 5.74) is 2.41. The van der Waals surface area contributed by atoms with Gasteiger partial charge < -0.3 is 0 Å². The molecule has 3 amide bonds. The Morgan fingerprint density at radius 2 is 1.88 bits per heavy atom. The van der Waals surface area contributed by atoms with Gasteiger partial charge in [-0.2, -0.15) is 0 Å². The molecule has 5 nitrogen and oxygen atoms in total. The van der Waals surface area contributed by atoms with Crippen LogP contribution in [0.25, 0.3) is 10.8 Å². The molecule has 2 aliphatic rings. The lowest BCUT2D eigenvalue weighted by Crippen LogP contribution is -2.53. The van der Waals surface area contributed by atoms with Crippen LogP contribution in [0.1, 0.15) is 49.5 Å². The SMILES string of the molecule is CC(C)(C)c1cc2c3c(cccc3c1)N(C1CCC(=O)NC1=O)C2=O. The molecule has 128 valence electrons. The lowest BCUT2D eigenvalue weighted by atomic mass is 9.84. The number of imide groups is 1. The van der Waals surface area contributed by atoms with Gasteiger partial charge in [-0.05, 0) is 34.9 Å². The summed E-state index contributed by atoms with van der Waals surface area (Å²) in [6, 6.07) is 9.20. The molecule has 0 saturated carbocycles. The summed E-state index contributed by atoms with van der Waals surface area (Å²) in [6.07, 6.45) is 0.604. The summed E-state index contributed by atoms with van der Waals surface area (Å²) in [5, 5.41) is 4.25. The first-order chi connectivity index (χ1) is 11.8. The van der Waals surface area contributed by atoms with Gasteiger partial charge >= 0.3 is 0 Å². The van der Waals surface area contributed by atoms with Crippen LogP contribution >= 0.6 is 0 Å². The van der Waals surface area contributed by atoms with Gasteiger partial charge in [0, 0.05) is 11.8 Å². The molecule has 2 heterocycles. The zero-order chi connectivity index (χ0) is 17.9. The highest BCUT2D eigenvalue weighted by atomic mass is 16.2. The highest BCUT2D eigenvalue weighted by Gasteiger charge is 2.41. The number of rotatable bonds is 1. The minimum atomic E-state index is -0.638. The molecule has 2 aromatic rings. The molecule has 1 N–H and O–H groups in total. The van der Waals surface area contributed by atoms with Crippen molar-refractivity contribution in [2.45, 2.75) is 45.1 Å². The third-order valence-corrected chi connectivity index (χ3v) is 5.05. The molecule has 0 aromatic heterocycles. The smallest absolute Gasteiger partial charge is 0.259 e. The number of amides is 3. The molecule has 4 rings (SSSR count). The number of benzene rings is 2. The van der Waals surface area contributed by atoms with E-state index in [0.29, 0.717) is 12.0 Å². The zero-order valence-electron chi connectivity index (χ0n) is 14.6. The van der Waals surface area contributed by atoms with Gasteiger partial charge in [0.05, 0.1) is 11.3 Å². The average Bonchev–Trinajstić information content (AvgIpc) is 2.81. The van der Waals surface area contributed by atoms with E-state index in [1.165, 1.54) is 0 Å². The minimum absolute atomic E-state index is 0.0803. The average molecular weight is 336 g/mol. The van der Waals surface area contributed by atoms with Crippen LogP contribution in [0.3, 0.4) is 0 Å². The Morgan fingerprint density at radius 3 is 2.56 bits per heavy atom. The van der Waals surface area contributed by atoms with Crippen molar-refractivity contribution in [2.75, 3.05) is 4.90 Å². The molecule has 1 fully saturated rings. The van der Waals surface area contributed by atoms with Crippen molar-refractivity contribution < 1.29 is 14.4 Å². The maximum atomic E-state index is 13.1. The van der Waals surface area contributed by atoms with E-state index in [1.54, 1.807) is 4.90 Å². The second kappa shape index (κ2) is 5.15. The first-order valence-corrected chi connectivity index (χ1v) is 8.52. The van der Waals surface area contributed by atoms with Crippen LogP contribution in [0, 0.1) is 0 Å². The highest BCUT2D eigenvalue weighted by Crippen LogP contribution is 2.41. The fraction of sp³-hybridized carbons (Fsp3) is 0.350. The molecule has 0 bridgehead atoms. The number of carbonyl (C=O) groups excluding carboxylic acids is 3. The molecule has 2 aromatic carbocycles. The Morgan fingerprint density at radius 1 is 1.12 bits per heavy atom. The van der Waals surface area contributed by atoms with E-state index in [9.17, 15) is 14.4 Å². The van der Waals surface area contributed by atoms with Gasteiger partial charge in [0.2, 0.25) is 11.8 Å². The summed E-state index contributed by atoms with van der Waals surface area (Å²) in [7, 11) is 0. The van der Waals surface area contributed by atoms with Crippen LogP contribution in [-0.4, -0.2) is 23.8 Å². The maximum Gasteiger partial charge on any atom is 0.259 e. The van der Waals surface area contributed by atoms with Crippen molar-refractivity contribution in [3.8, 4) is 0 Å². The molecular formula is C20H20N2O3. The maximum absolute atomic E-state index is 13.1. The molecule has 0 radical (unpaired) electrons. The Labute approximate surface area is 146 Å². The number of nitrogens with one attached hydrogen (secondary N) is 1. The molecule has 2 aliphatic heterocycles. The Hall–Kier alpha value is -2.69.